The molecule has 0 aromatic carbocycles. The number of hydrogen-bond donors (Lipinski definition) is 1. The van der Waals surface area contributed by atoms with E-state index in [0.29, 0.717) is 23.7 Å². The molecule has 2 rings (SSSR count). The van der Waals surface area contributed by atoms with Gasteiger partial charge in [0.1, 0.15) is 0 Å². The third-order valence-electron chi connectivity index (χ3n) is 4.13. The minimum atomic E-state index is -0.0635. The minimum Gasteiger partial charge on any atom is -0.377 e. The fourth-order valence-electron chi connectivity index (χ4n) is 3.04. The first-order valence-corrected chi connectivity index (χ1v) is 8.15. The normalized spacial score (nSPS) is 22.6. The van der Waals surface area contributed by atoms with Crippen molar-refractivity contribution in [2.75, 3.05) is 13.2 Å². The van der Waals surface area contributed by atoms with Crippen molar-refractivity contribution >= 4 is 17.5 Å². The van der Waals surface area contributed by atoms with Crippen LogP contribution < -0.4 is 5.32 Å². The summed E-state index contributed by atoms with van der Waals surface area (Å²) in [6.07, 6.45) is 2.49. The van der Waals surface area contributed by atoms with Gasteiger partial charge in [-0.05, 0) is 36.8 Å². The van der Waals surface area contributed by atoms with Crippen molar-refractivity contribution in [1.82, 2.24) is 10.5 Å². The molecule has 1 aromatic rings. The highest BCUT2D eigenvalue weighted by Gasteiger charge is 2.35. The molecule has 0 spiro atoms. The molecule has 0 saturated carbocycles. The van der Waals surface area contributed by atoms with E-state index in [-0.39, 0.29) is 29.1 Å². The van der Waals surface area contributed by atoms with Gasteiger partial charge in [-0.1, -0.05) is 25.9 Å². The molecule has 1 saturated heterocycles. The van der Waals surface area contributed by atoms with Crippen LogP contribution in [0.4, 0.5) is 0 Å². The molecule has 6 heteroatoms. The molecule has 1 aliphatic rings. The van der Waals surface area contributed by atoms with Crippen molar-refractivity contribution in [2.45, 2.75) is 53.1 Å². The molecule has 1 N–H and O–H groups in total. The smallest absolute Gasteiger partial charge is 0.229 e. The van der Waals surface area contributed by atoms with Gasteiger partial charge in [0, 0.05) is 24.6 Å². The van der Waals surface area contributed by atoms with Gasteiger partial charge in [0.15, 0.2) is 0 Å². The van der Waals surface area contributed by atoms with E-state index < -0.39 is 0 Å². The number of rotatable bonds is 4. The Balaban J connectivity index is 1.90. The number of amides is 1. The van der Waals surface area contributed by atoms with Crippen LogP contribution in [-0.4, -0.2) is 30.3 Å². The number of carbonyl (C=O) groups excluding carboxylic acids is 1. The first-order chi connectivity index (χ1) is 10.3. The van der Waals surface area contributed by atoms with E-state index in [1.54, 1.807) is 6.92 Å². The minimum absolute atomic E-state index is 0.0635. The largest absolute Gasteiger partial charge is 0.377 e. The van der Waals surface area contributed by atoms with Crippen molar-refractivity contribution in [3.05, 3.63) is 16.5 Å². The summed E-state index contributed by atoms with van der Waals surface area (Å²) in [5.74, 6) is 0.281. The predicted octanol–water partition coefficient (Wildman–Crippen LogP) is 3.14. The van der Waals surface area contributed by atoms with E-state index in [1.165, 1.54) is 0 Å². The van der Waals surface area contributed by atoms with Crippen LogP contribution in [0.3, 0.4) is 0 Å². The van der Waals surface area contributed by atoms with E-state index in [4.69, 9.17) is 20.9 Å². The summed E-state index contributed by atoms with van der Waals surface area (Å²) in [5, 5.41) is 6.95. The average molecular weight is 329 g/mol. The van der Waals surface area contributed by atoms with Crippen molar-refractivity contribution in [3.8, 4) is 0 Å². The molecule has 1 aliphatic heterocycles. The van der Waals surface area contributed by atoms with E-state index in [1.807, 2.05) is 0 Å². The number of hydrogen-bond acceptors (Lipinski definition) is 4. The van der Waals surface area contributed by atoms with Gasteiger partial charge in [-0.3, -0.25) is 4.79 Å². The standard InChI is InChI=1S/C16H25ClN2O3/c1-10-12(15(17)22-19-10)8-13(20)18-9-11-6-5-7-21-14(11)16(2,3)4/h11,14H,5-9H2,1-4H3,(H,18,20). The summed E-state index contributed by atoms with van der Waals surface area (Å²) in [6.45, 7) is 9.75. The first kappa shape index (κ1) is 17.3. The Morgan fingerprint density at radius 2 is 2.18 bits per heavy atom. The van der Waals surface area contributed by atoms with Crippen LogP contribution in [0.15, 0.2) is 4.52 Å². The van der Waals surface area contributed by atoms with Gasteiger partial charge in [-0.15, -0.1) is 0 Å². The maximum absolute atomic E-state index is 12.1. The van der Waals surface area contributed by atoms with Gasteiger partial charge in [-0.2, -0.15) is 0 Å². The van der Waals surface area contributed by atoms with Crippen LogP contribution >= 0.6 is 11.6 Å². The van der Waals surface area contributed by atoms with E-state index in [2.05, 4.69) is 31.2 Å². The highest BCUT2D eigenvalue weighted by Crippen LogP contribution is 2.33. The molecule has 0 bridgehead atoms. The molecule has 1 fully saturated rings. The van der Waals surface area contributed by atoms with Crippen LogP contribution in [0.2, 0.25) is 5.22 Å². The number of nitrogens with zero attached hydrogens (tertiary/aromatic N) is 1. The van der Waals surface area contributed by atoms with E-state index in [0.717, 1.165) is 19.4 Å². The summed E-state index contributed by atoms with van der Waals surface area (Å²) in [7, 11) is 0. The first-order valence-electron chi connectivity index (χ1n) is 7.78. The van der Waals surface area contributed by atoms with Gasteiger partial charge >= 0.3 is 0 Å². The molecule has 22 heavy (non-hydrogen) atoms. The molecule has 1 aromatic heterocycles. The third kappa shape index (κ3) is 4.23. The summed E-state index contributed by atoms with van der Waals surface area (Å²) in [4.78, 5) is 12.1. The lowest BCUT2D eigenvalue weighted by molar-refractivity contribution is -0.122. The highest BCUT2D eigenvalue weighted by molar-refractivity contribution is 6.29. The van der Waals surface area contributed by atoms with E-state index in [9.17, 15) is 4.79 Å². The molecule has 2 atom stereocenters. The molecule has 2 unspecified atom stereocenters. The Hall–Kier alpha value is -1.07. The molecule has 1 amide bonds. The van der Waals surface area contributed by atoms with E-state index >= 15 is 0 Å². The van der Waals surface area contributed by atoms with Gasteiger partial charge in [-0.25, -0.2) is 0 Å². The molecular weight excluding hydrogens is 304 g/mol. The Morgan fingerprint density at radius 3 is 2.77 bits per heavy atom. The zero-order valence-corrected chi connectivity index (χ0v) is 14.5. The Morgan fingerprint density at radius 1 is 1.45 bits per heavy atom. The van der Waals surface area contributed by atoms with Crippen molar-refractivity contribution in [2.24, 2.45) is 11.3 Å². The van der Waals surface area contributed by atoms with Gasteiger partial charge in [0.05, 0.1) is 18.2 Å². The summed E-state index contributed by atoms with van der Waals surface area (Å²) in [5.41, 5.74) is 1.39. The molecule has 0 aliphatic carbocycles. The number of aryl methyl sites for hydroxylation is 1. The Labute approximate surface area is 136 Å². The quantitative estimate of drug-likeness (QED) is 0.922. The van der Waals surface area contributed by atoms with Gasteiger partial charge in [0.25, 0.3) is 0 Å². The number of carbonyl (C=O) groups is 1. The lowest BCUT2D eigenvalue weighted by Gasteiger charge is -2.40. The summed E-state index contributed by atoms with van der Waals surface area (Å²) >= 11 is 5.89. The van der Waals surface area contributed by atoms with Gasteiger partial charge in [0.2, 0.25) is 11.1 Å². The van der Waals surface area contributed by atoms with Gasteiger partial charge < -0.3 is 14.6 Å². The SMILES string of the molecule is Cc1noc(Cl)c1CC(=O)NCC1CCCOC1C(C)(C)C. The number of ether oxygens (including phenoxy) is 1. The molecule has 124 valence electrons. The summed E-state index contributed by atoms with van der Waals surface area (Å²) < 4.78 is 10.8. The molecular formula is C16H25ClN2O3. The third-order valence-corrected chi connectivity index (χ3v) is 4.43. The Kier molecular flexibility index (Phi) is 5.50. The molecule has 0 radical (unpaired) electrons. The maximum Gasteiger partial charge on any atom is 0.229 e. The van der Waals surface area contributed by atoms with Crippen molar-refractivity contribution in [3.63, 3.8) is 0 Å². The predicted molar refractivity (Wildman–Crippen MR) is 84.9 cm³/mol. The molecule has 5 nitrogen and oxygen atoms in total. The fraction of sp³-hybridized carbons (Fsp3) is 0.750. The molecule has 2 heterocycles. The fourth-order valence-corrected chi connectivity index (χ4v) is 3.27. The monoisotopic (exact) mass is 328 g/mol. The van der Waals surface area contributed by atoms with Crippen LogP contribution in [-0.2, 0) is 16.0 Å². The number of halogens is 1. The van der Waals surface area contributed by atoms with Crippen LogP contribution in [0, 0.1) is 18.3 Å². The topological polar surface area (TPSA) is 64.4 Å². The number of nitrogens with one attached hydrogen (secondary N) is 1. The second-order valence-corrected chi connectivity index (χ2v) is 7.40. The highest BCUT2D eigenvalue weighted by atomic mass is 35.5. The Bertz CT molecular complexity index is 502. The lowest BCUT2D eigenvalue weighted by atomic mass is 9.78. The van der Waals surface area contributed by atoms with Crippen molar-refractivity contribution in [1.29, 1.82) is 0 Å². The van der Waals surface area contributed by atoms with Crippen LogP contribution in [0.5, 0.6) is 0 Å². The van der Waals surface area contributed by atoms with Crippen LogP contribution in [0.25, 0.3) is 0 Å². The zero-order chi connectivity index (χ0) is 16.3. The average Bonchev–Trinajstić information content (AvgIpc) is 2.76. The second-order valence-electron chi connectivity index (χ2n) is 7.06. The summed E-state index contributed by atoms with van der Waals surface area (Å²) in [6, 6.07) is 0. The second kappa shape index (κ2) is 7.01. The maximum atomic E-state index is 12.1. The van der Waals surface area contributed by atoms with Crippen molar-refractivity contribution < 1.29 is 14.1 Å². The van der Waals surface area contributed by atoms with Crippen LogP contribution in [0.1, 0.15) is 44.9 Å². The lowest BCUT2D eigenvalue weighted by Crippen LogP contribution is -2.45. The zero-order valence-electron chi connectivity index (χ0n) is 13.7. The number of aromatic nitrogens is 1.